The van der Waals surface area contributed by atoms with E-state index >= 15 is 0 Å². The number of fused-ring (bicyclic) bond motifs is 1. The van der Waals surface area contributed by atoms with Gasteiger partial charge >= 0.3 is 0 Å². The molecule has 2 rings (SSSR count). The normalized spacial score (nSPS) is 10.9. The van der Waals surface area contributed by atoms with Crippen LogP contribution in [0.2, 0.25) is 15.2 Å². The molecule has 0 aliphatic carbocycles. The van der Waals surface area contributed by atoms with Crippen LogP contribution in [0, 0.1) is 6.92 Å². The van der Waals surface area contributed by atoms with Crippen LogP contribution in [0.5, 0.6) is 0 Å². The highest BCUT2D eigenvalue weighted by Crippen LogP contribution is 2.29. The summed E-state index contributed by atoms with van der Waals surface area (Å²) in [6, 6.07) is 5.35. The molecule has 72 valence electrons. The molecule has 0 fully saturated rings. The summed E-state index contributed by atoms with van der Waals surface area (Å²) >= 11 is 17.8. The largest absolute Gasteiger partial charge is 0.236 e. The molecule has 0 spiro atoms. The van der Waals surface area contributed by atoms with Crippen LogP contribution in [0.1, 0.15) is 5.56 Å². The predicted octanol–water partition coefficient (Wildman–Crippen LogP) is 4.50. The van der Waals surface area contributed by atoms with Gasteiger partial charge in [-0.1, -0.05) is 34.8 Å². The van der Waals surface area contributed by atoms with Crippen molar-refractivity contribution in [1.82, 2.24) is 4.98 Å². The highest BCUT2D eigenvalue weighted by molar-refractivity contribution is 6.38. The van der Waals surface area contributed by atoms with Gasteiger partial charge < -0.3 is 0 Å². The molecule has 0 saturated heterocycles. The summed E-state index contributed by atoms with van der Waals surface area (Å²) in [5.41, 5.74) is 1.63. The number of aryl methyl sites for hydroxylation is 1. The fourth-order valence-electron chi connectivity index (χ4n) is 1.28. The van der Waals surface area contributed by atoms with Crippen LogP contribution in [-0.4, -0.2) is 4.98 Å². The zero-order valence-electron chi connectivity index (χ0n) is 7.31. The molecule has 0 amide bonds. The average Bonchev–Trinajstić information content (AvgIpc) is 2.08. The minimum atomic E-state index is 0.482. The van der Waals surface area contributed by atoms with Crippen LogP contribution in [0.25, 0.3) is 10.9 Å². The molecule has 0 saturated carbocycles. The third-order valence-corrected chi connectivity index (χ3v) is 2.89. The van der Waals surface area contributed by atoms with Gasteiger partial charge in [0.1, 0.15) is 5.15 Å². The Bertz CT molecular complexity index is 508. The molecule has 0 atom stereocenters. The second-order valence-corrected chi connectivity index (χ2v) is 4.25. The number of rotatable bonds is 0. The number of halogens is 3. The maximum absolute atomic E-state index is 6.02. The summed E-state index contributed by atoms with van der Waals surface area (Å²) in [6.45, 7) is 1.89. The summed E-state index contributed by atoms with van der Waals surface area (Å²) < 4.78 is 0. The lowest BCUT2D eigenvalue weighted by Gasteiger charge is -2.03. The summed E-state index contributed by atoms with van der Waals surface area (Å²) in [4.78, 5) is 4.19. The van der Waals surface area contributed by atoms with Crippen molar-refractivity contribution in [3.8, 4) is 0 Å². The Morgan fingerprint density at radius 1 is 1.07 bits per heavy atom. The molecular weight excluding hydrogens is 240 g/mol. The molecule has 0 radical (unpaired) electrons. The molecule has 0 bridgehead atoms. The van der Waals surface area contributed by atoms with Crippen molar-refractivity contribution in [2.24, 2.45) is 0 Å². The Hall–Kier alpha value is -0.500. The number of hydrogen-bond acceptors (Lipinski definition) is 1. The first kappa shape index (κ1) is 10.0. The van der Waals surface area contributed by atoms with Crippen molar-refractivity contribution in [1.29, 1.82) is 0 Å². The zero-order chi connectivity index (χ0) is 10.3. The molecular formula is C10H6Cl3N. The van der Waals surface area contributed by atoms with Gasteiger partial charge in [0.15, 0.2) is 0 Å². The van der Waals surface area contributed by atoms with Crippen molar-refractivity contribution >= 4 is 45.7 Å². The standard InChI is InChI=1S/C10H6Cl3N/c1-5-2-7-8(12)3-6(11)4-9(7)14-10(5)13/h2-4H,1H3. The second-order valence-electron chi connectivity index (χ2n) is 3.05. The van der Waals surface area contributed by atoms with Gasteiger partial charge in [-0.25, -0.2) is 4.98 Å². The van der Waals surface area contributed by atoms with Crippen LogP contribution in [0.4, 0.5) is 0 Å². The maximum Gasteiger partial charge on any atom is 0.132 e. The van der Waals surface area contributed by atoms with Gasteiger partial charge in [0, 0.05) is 10.4 Å². The maximum atomic E-state index is 6.02. The quantitative estimate of drug-likeness (QED) is 0.624. The van der Waals surface area contributed by atoms with Crippen LogP contribution in [0.3, 0.4) is 0 Å². The van der Waals surface area contributed by atoms with E-state index in [1.807, 2.05) is 13.0 Å². The second kappa shape index (κ2) is 3.58. The van der Waals surface area contributed by atoms with E-state index in [1.165, 1.54) is 0 Å². The molecule has 0 N–H and O–H groups in total. The van der Waals surface area contributed by atoms with Crippen molar-refractivity contribution in [2.75, 3.05) is 0 Å². The fraction of sp³-hybridized carbons (Fsp3) is 0.100. The third kappa shape index (κ3) is 1.68. The molecule has 1 heterocycles. The molecule has 0 aliphatic rings. The van der Waals surface area contributed by atoms with Gasteiger partial charge in [-0.15, -0.1) is 0 Å². The molecule has 1 aromatic carbocycles. The van der Waals surface area contributed by atoms with Crippen LogP contribution >= 0.6 is 34.8 Å². The summed E-state index contributed by atoms with van der Waals surface area (Å²) in [7, 11) is 0. The van der Waals surface area contributed by atoms with E-state index in [4.69, 9.17) is 34.8 Å². The van der Waals surface area contributed by atoms with Gasteiger partial charge in [0.25, 0.3) is 0 Å². The first-order valence-electron chi connectivity index (χ1n) is 4.00. The number of nitrogens with zero attached hydrogens (tertiary/aromatic N) is 1. The van der Waals surface area contributed by atoms with E-state index in [2.05, 4.69) is 4.98 Å². The van der Waals surface area contributed by atoms with Crippen molar-refractivity contribution in [3.63, 3.8) is 0 Å². The number of pyridine rings is 1. The van der Waals surface area contributed by atoms with Gasteiger partial charge in [-0.2, -0.15) is 0 Å². The van der Waals surface area contributed by atoms with Gasteiger partial charge in [0.2, 0.25) is 0 Å². The SMILES string of the molecule is Cc1cc2c(Cl)cc(Cl)cc2nc1Cl. The summed E-state index contributed by atoms with van der Waals surface area (Å²) in [6.07, 6.45) is 0. The molecule has 14 heavy (non-hydrogen) atoms. The molecule has 2 aromatic rings. The lowest BCUT2D eigenvalue weighted by Crippen LogP contribution is -1.85. The molecule has 0 aliphatic heterocycles. The Morgan fingerprint density at radius 3 is 2.50 bits per heavy atom. The van der Waals surface area contributed by atoms with E-state index in [0.717, 1.165) is 16.5 Å². The topological polar surface area (TPSA) is 12.9 Å². The lowest BCUT2D eigenvalue weighted by molar-refractivity contribution is 1.33. The Balaban J connectivity index is 2.89. The molecule has 1 nitrogen and oxygen atoms in total. The Kier molecular flexibility index (Phi) is 2.56. The Labute approximate surface area is 96.6 Å². The van der Waals surface area contributed by atoms with Crippen LogP contribution < -0.4 is 0 Å². The predicted molar refractivity (Wildman–Crippen MR) is 61.5 cm³/mol. The van der Waals surface area contributed by atoms with Gasteiger partial charge in [0.05, 0.1) is 10.5 Å². The summed E-state index contributed by atoms with van der Waals surface area (Å²) in [5, 5.41) is 2.52. The number of hydrogen-bond donors (Lipinski definition) is 0. The monoisotopic (exact) mass is 245 g/mol. The van der Waals surface area contributed by atoms with Crippen molar-refractivity contribution < 1.29 is 0 Å². The Morgan fingerprint density at radius 2 is 1.79 bits per heavy atom. The van der Waals surface area contributed by atoms with E-state index in [-0.39, 0.29) is 0 Å². The highest BCUT2D eigenvalue weighted by Gasteiger charge is 2.05. The summed E-state index contributed by atoms with van der Waals surface area (Å²) in [5.74, 6) is 0. The van der Waals surface area contributed by atoms with Crippen LogP contribution in [0.15, 0.2) is 18.2 Å². The zero-order valence-corrected chi connectivity index (χ0v) is 9.58. The minimum Gasteiger partial charge on any atom is -0.236 e. The van der Waals surface area contributed by atoms with Crippen LogP contribution in [-0.2, 0) is 0 Å². The van der Waals surface area contributed by atoms with E-state index in [1.54, 1.807) is 12.1 Å². The molecule has 4 heteroatoms. The van der Waals surface area contributed by atoms with E-state index in [9.17, 15) is 0 Å². The third-order valence-electron chi connectivity index (χ3n) is 1.98. The first-order valence-corrected chi connectivity index (χ1v) is 5.13. The number of aromatic nitrogens is 1. The molecule has 0 unspecified atom stereocenters. The highest BCUT2D eigenvalue weighted by atomic mass is 35.5. The minimum absolute atomic E-state index is 0.482. The van der Waals surface area contributed by atoms with E-state index in [0.29, 0.717) is 15.2 Å². The van der Waals surface area contributed by atoms with Crippen molar-refractivity contribution in [3.05, 3.63) is 39.0 Å². The van der Waals surface area contributed by atoms with Gasteiger partial charge in [-0.3, -0.25) is 0 Å². The number of benzene rings is 1. The van der Waals surface area contributed by atoms with Crippen molar-refractivity contribution in [2.45, 2.75) is 6.92 Å². The lowest BCUT2D eigenvalue weighted by atomic mass is 10.2. The van der Waals surface area contributed by atoms with Gasteiger partial charge in [-0.05, 0) is 30.7 Å². The smallest absolute Gasteiger partial charge is 0.132 e. The fourth-order valence-corrected chi connectivity index (χ4v) is 1.96. The van der Waals surface area contributed by atoms with E-state index < -0.39 is 0 Å². The molecule has 1 aromatic heterocycles. The average molecular weight is 247 g/mol. The first-order chi connectivity index (χ1) is 6.58.